The number of unbranched alkanes of at least 4 members (excludes halogenated alkanes) is 1. The zero-order valence-corrected chi connectivity index (χ0v) is 16.2. The summed E-state index contributed by atoms with van der Waals surface area (Å²) in [6, 6.07) is 11.7. The van der Waals surface area contributed by atoms with Crippen molar-refractivity contribution in [2.45, 2.75) is 24.7 Å². The van der Waals surface area contributed by atoms with Crippen molar-refractivity contribution >= 4 is 33.0 Å². The van der Waals surface area contributed by atoms with Crippen LogP contribution in [0.4, 0.5) is 11.4 Å². The van der Waals surface area contributed by atoms with E-state index in [0.717, 1.165) is 25.1 Å². The molecule has 2 aromatic carbocycles. The molecule has 0 radical (unpaired) electrons. The van der Waals surface area contributed by atoms with E-state index in [1.165, 1.54) is 25.3 Å². The van der Waals surface area contributed by atoms with Crippen LogP contribution in [0.3, 0.4) is 0 Å². The number of methoxy groups -OCH3 is 1. The largest absolute Gasteiger partial charge is 0.495 e. The van der Waals surface area contributed by atoms with E-state index in [1.807, 2.05) is 19.2 Å². The Balaban J connectivity index is 2.14. The van der Waals surface area contributed by atoms with E-state index in [1.54, 1.807) is 12.1 Å². The second kappa shape index (κ2) is 8.45. The molecule has 136 valence electrons. The lowest BCUT2D eigenvalue weighted by Crippen LogP contribution is -2.18. The summed E-state index contributed by atoms with van der Waals surface area (Å²) in [6.45, 7) is 3.11. The Kier molecular flexibility index (Phi) is 6.56. The van der Waals surface area contributed by atoms with Crippen LogP contribution in [0, 0.1) is 0 Å². The number of rotatable bonds is 8. The zero-order chi connectivity index (χ0) is 18.4. The van der Waals surface area contributed by atoms with Gasteiger partial charge in [-0.15, -0.1) is 0 Å². The Bertz CT molecular complexity index is 808. The lowest BCUT2D eigenvalue weighted by atomic mass is 10.2. The number of halogens is 1. The van der Waals surface area contributed by atoms with E-state index in [2.05, 4.69) is 16.5 Å². The molecule has 0 atom stereocenters. The van der Waals surface area contributed by atoms with Crippen molar-refractivity contribution in [3.8, 4) is 5.75 Å². The topological polar surface area (TPSA) is 58.6 Å². The van der Waals surface area contributed by atoms with Gasteiger partial charge in [0, 0.05) is 25.0 Å². The molecular formula is C18H23ClN2O3S. The van der Waals surface area contributed by atoms with Crippen molar-refractivity contribution in [2.75, 3.05) is 30.3 Å². The number of ether oxygens (including phenoxy) is 1. The summed E-state index contributed by atoms with van der Waals surface area (Å²) in [6.07, 6.45) is 2.25. The molecule has 5 nitrogen and oxygen atoms in total. The van der Waals surface area contributed by atoms with Crippen molar-refractivity contribution < 1.29 is 13.2 Å². The molecule has 0 heterocycles. The summed E-state index contributed by atoms with van der Waals surface area (Å²) >= 11 is 6.01. The molecule has 1 N–H and O–H groups in total. The van der Waals surface area contributed by atoms with Crippen LogP contribution in [0.2, 0.25) is 5.02 Å². The maximum atomic E-state index is 12.5. The van der Waals surface area contributed by atoms with Crippen molar-refractivity contribution in [1.29, 1.82) is 0 Å². The molecular weight excluding hydrogens is 360 g/mol. The maximum absolute atomic E-state index is 12.5. The van der Waals surface area contributed by atoms with Crippen LogP contribution in [0.1, 0.15) is 19.8 Å². The molecule has 0 saturated carbocycles. The smallest absolute Gasteiger partial charge is 0.261 e. The highest BCUT2D eigenvalue weighted by Gasteiger charge is 2.16. The number of nitrogens with one attached hydrogen (secondary N) is 1. The van der Waals surface area contributed by atoms with Gasteiger partial charge in [0.05, 0.1) is 17.0 Å². The van der Waals surface area contributed by atoms with Crippen LogP contribution in [0.5, 0.6) is 5.75 Å². The van der Waals surface area contributed by atoms with Gasteiger partial charge in [0.2, 0.25) is 0 Å². The number of hydrogen-bond donors (Lipinski definition) is 1. The summed E-state index contributed by atoms with van der Waals surface area (Å²) in [5.41, 5.74) is 1.54. The van der Waals surface area contributed by atoms with Crippen molar-refractivity contribution in [3.05, 3.63) is 47.5 Å². The van der Waals surface area contributed by atoms with E-state index < -0.39 is 10.0 Å². The zero-order valence-electron chi connectivity index (χ0n) is 14.6. The van der Waals surface area contributed by atoms with Gasteiger partial charge in [-0.2, -0.15) is 0 Å². The SMILES string of the molecule is CCCCN(C)c1ccc(NS(=O)(=O)c2ccc(OC)c(Cl)c2)cc1. The molecule has 0 saturated heterocycles. The van der Waals surface area contributed by atoms with Crippen molar-refractivity contribution in [2.24, 2.45) is 0 Å². The first-order valence-electron chi connectivity index (χ1n) is 8.05. The molecule has 0 fully saturated rings. The Morgan fingerprint density at radius 1 is 1.16 bits per heavy atom. The van der Waals surface area contributed by atoms with E-state index in [0.29, 0.717) is 11.4 Å². The monoisotopic (exact) mass is 382 g/mol. The van der Waals surface area contributed by atoms with Crippen molar-refractivity contribution in [3.63, 3.8) is 0 Å². The molecule has 7 heteroatoms. The quantitative estimate of drug-likeness (QED) is 0.735. The minimum absolute atomic E-state index is 0.0856. The minimum atomic E-state index is -3.71. The van der Waals surface area contributed by atoms with Crippen LogP contribution >= 0.6 is 11.6 Å². The third-order valence-corrected chi connectivity index (χ3v) is 5.52. The second-order valence-corrected chi connectivity index (χ2v) is 7.81. The van der Waals surface area contributed by atoms with Crippen LogP contribution in [0.25, 0.3) is 0 Å². The normalized spacial score (nSPS) is 11.2. The van der Waals surface area contributed by atoms with Gasteiger partial charge in [-0.05, 0) is 48.9 Å². The Labute approximate surface area is 154 Å². The van der Waals surface area contributed by atoms with E-state index in [-0.39, 0.29) is 9.92 Å². The van der Waals surface area contributed by atoms with E-state index in [9.17, 15) is 8.42 Å². The first-order chi connectivity index (χ1) is 11.9. The summed E-state index contributed by atoms with van der Waals surface area (Å²) in [7, 11) is -0.211. The summed E-state index contributed by atoms with van der Waals surface area (Å²) in [4.78, 5) is 2.23. The lowest BCUT2D eigenvalue weighted by molar-refractivity contribution is 0.414. The fraction of sp³-hybridized carbons (Fsp3) is 0.333. The van der Waals surface area contributed by atoms with Gasteiger partial charge < -0.3 is 9.64 Å². The predicted molar refractivity (Wildman–Crippen MR) is 103 cm³/mol. The summed E-state index contributed by atoms with van der Waals surface area (Å²) in [5, 5.41) is 0.248. The molecule has 0 aliphatic rings. The average Bonchev–Trinajstić information content (AvgIpc) is 2.59. The molecule has 0 aliphatic carbocycles. The van der Waals surface area contributed by atoms with Crippen molar-refractivity contribution in [1.82, 2.24) is 0 Å². The highest BCUT2D eigenvalue weighted by atomic mass is 35.5. The molecule has 0 unspecified atom stereocenters. The number of sulfonamides is 1. The number of benzene rings is 2. The van der Waals surface area contributed by atoms with Gasteiger partial charge in [0.25, 0.3) is 10.0 Å². The van der Waals surface area contributed by atoms with Gasteiger partial charge in [0.15, 0.2) is 0 Å². The number of hydrogen-bond acceptors (Lipinski definition) is 4. The van der Waals surface area contributed by atoms with Crippen LogP contribution < -0.4 is 14.4 Å². The molecule has 0 bridgehead atoms. The van der Waals surface area contributed by atoms with Crippen LogP contribution in [-0.2, 0) is 10.0 Å². The Morgan fingerprint density at radius 3 is 2.40 bits per heavy atom. The van der Waals surface area contributed by atoms with Gasteiger partial charge in [0.1, 0.15) is 5.75 Å². The van der Waals surface area contributed by atoms with Gasteiger partial charge >= 0.3 is 0 Å². The fourth-order valence-electron chi connectivity index (χ4n) is 2.34. The molecule has 0 aliphatic heterocycles. The molecule has 2 rings (SSSR count). The van der Waals surface area contributed by atoms with Crippen LogP contribution in [0.15, 0.2) is 47.4 Å². The van der Waals surface area contributed by atoms with Gasteiger partial charge in [-0.3, -0.25) is 4.72 Å². The molecule has 2 aromatic rings. The molecule has 25 heavy (non-hydrogen) atoms. The second-order valence-electron chi connectivity index (χ2n) is 5.72. The summed E-state index contributed by atoms with van der Waals surface area (Å²) < 4.78 is 32.6. The Morgan fingerprint density at radius 2 is 1.84 bits per heavy atom. The minimum Gasteiger partial charge on any atom is -0.495 e. The third-order valence-electron chi connectivity index (χ3n) is 3.84. The van der Waals surface area contributed by atoms with E-state index >= 15 is 0 Å². The number of anilines is 2. The Hall–Kier alpha value is -1.92. The first-order valence-corrected chi connectivity index (χ1v) is 9.91. The first kappa shape index (κ1) is 19.4. The highest BCUT2D eigenvalue weighted by Crippen LogP contribution is 2.28. The van der Waals surface area contributed by atoms with E-state index in [4.69, 9.17) is 16.3 Å². The fourth-order valence-corrected chi connectivity index (χ4v) is 3.74. The predicted octanol–water partition coefficient (Wildman–Crippen LogP) is 4.39. The third kappa shape index (κ3) is 5.03. The van der Waals surface area contributed by atoms with Crippen LogP contribution in [-0.4, -0.2) is 29.1 Å². The van der Waals surface area contributed by atoms with Gasteiger partial charge in [-0.25, -0.2) is 8.42 Å². The standard InChI is InChI=1S/C18H23ClN2O3S/c1-4-5-12-21(2)15-8-6-14(7-9-15)20-25(22,23)16-10-11-18(24-3)17(19)13-16/h6-11,13,20H,4-5,12H2,1-3H3. The van der Waals surface area contributed by atoms with Gasteiger partial charge in [-0.1, -0.05) is 24.9 Å². The molecule has 0 spiro atoms. The lowest BCUT2D eigenvalue weighted by Gasteiger charge is -2.19. The highest BCUT2D eigenvalue weighted by molar-refractivity contribution is 7.92. The average molecular weight is 383 g/mol. The number of nitrogens with zero attached hydrogens (tertiary/aromatic N) is 1. The molecule has 0 aromatic heterocycles. The maximum Gasteiger partial charge on any atom is 0.261 e. The summed E-state index contributed by atoms with van der Waals surface area (Å²) in [5.74, 6) is 0.431. The molecule has 0 amide bonds.